The molecule has 0 aliphatic carbocycles. The molecule has 5 nitrogen and oxygen atoms in total. The highest BCUT2D eigenvalue weighted by Crippen LogP contribution is 2.11. The van der Waals surface area contributed by atoms with Gasteiger partial charge >= 0.3 is 6.09 Å². The Morgan fingerprint density at radius 1 is 1.04 bits per heavy atom. The Hall–Kier alpha value is -2.60. The molecule has 2 rings (SSSR count). The van der Waals surface area contributed by atoms with E-state index in [0.29, 0.717) is 6.42 Å². The molecule has 0 saturated heterocycles. The van der Waals surface area contributed by atoms with E-state index in [1.807, 2.05) is 36.4 Å². The summed E-state index contributed by atoms with van der Waals surface area (Å²) in [6.45, 7) is 0.0121. The van der Waals surface area contributed by atoms with Gasteiger partial charge in [-0.15, -0.1) is 0 Å². The van der Waals surface area contributed by atoms with Crippen LogP contribution in [0.4, 0.5) is 4.79 Å². The highest BCUT2D eigenvalue weighted by Gasteiger charge is 2.25. The van der Waals surface area contributed by atoms with Gasteiger partial charge in [-0.2, -0.15) is 0 Å². The molecule has 0 aliphatic heterocycles. The maximum Gasteiger partial charge on any atom is 0.423 e. The Kier molecular flexibility index (Phi) is 6.14. The van der Waals surface area contributed by atoms with E-state index in [2.05, 4.69) is 4.74 Å². The zero-order valence-corrected chi connectivity index (χ0v) is 14.1. The van der Waals surface area contributed by atoms with Crippen molar-refractivity contribution in [2.24, 2.45) is 0 Å². The number of carbonyl (C=O) groups excluding carboxylic acids is 1. The first-order chi connectivity index (χ1) is 11.5. The molecule has 2 aromatic carbocycles. The van der Waals surface area contributed by atoms with Crippen molar-refractivity contribution in [1.29, 1.82) is 0 Å². The monoisotopic (exact) mass is 345 g/mol. The van der Waals surface area contributed by atoms with E-state index in [1.54, 1.807) is 24.3 Å². The van der Waals surface area contributed by atoms with Crippen molar-refractivity contribution in [3.8, 4) is 0 Å². The lowest BCUT2D eigenvalue weighted by Crippen LogP contribution is -2.37. The van der Waals surface area contributed by atoms with Crippen molar-refractivity contribution in [2.75, 3.05) is 13.7 Å². The van der Waals surface area contributed by atoms with Crippen LogP contribution in [-0.2, 0) is 21.2 Å². The molecule has 24 heavy (non-hydrogen) atoms. The third-order valence-corrected chi connectivity index (χ3v) is 4.79. The van der Waals surface area contributed by atoms with Crippen LogP contribution in [0.2, 0.25) is 0 Å². The molecule has 0 spiro atoms. The van der Waals surface area contributed by atoms with Gasteiger partial charge < -0.3 is 4.74 Å². The standard InChI is InChI=1S/C18H19NO4S/c1-23-18(20)19(14-12-16-8-4-2-5-9-16)24(21,22)15-13-17-10-6-3-7-11-17/h2-11,13,15H,12,14H2,1H3/b15-13+. The van der Waals surface area contributed by atoms with Gasteiger partial charge in [0.05, 0.1) is 12.5 Å². The smallest absolute Gasteiger partial charge is 0.423 e. The van der Waals surface area contributed by atoms with Gasteiger partial charge in [0.25, 0.3) is 10.0 Å². The molecular formula is C18H19NO4S. The van der Waals surface area contributed by atoms with Gasteiger partial charge in [-0.3, -0.25) is 0 Å². The van der Waals surface area contributed by atoms with Crippen LogP contribution in [-0.4, -0.2) is 32.5 Å². The number of hydrogen-bond acceptors (Lipinski definition) is 4. The fourth-order valence-electron chi connectivity index (χ4n) is 2.10. The van der Waals surface area contributed by atoms with E-state index in [-0.39, 0.29) is 6.54 Å². The molecule has 0 saturated carbocycles. The van der Waals surface area contributed by atoms with Crippen LogP contribution in [0.15, 0.2) is 66.1 Å². The quantitative estimate of drug-likeness (QED) is 0.806. The van der Waals surface area contributed by atoms with Gasteiger partial charge in [0.2, 0.25) is 0 Å². The maximum atomic E-state index is 12.5. The van der Waals surface area contributed by atoms with Gasteiger partial charge in [0, 0.05) is 6.54 Å². The minimum absolute atomic E-state index is 0.0121. The molecule has 6 heteroatoms. The van der Waals surface area contributed by atoms with E-state index in [0.717, 1.165) is 27.9 Å². The molecule has 0 aromatic heterocycles. The van der Waals surface area contributed by atoms with Gasteiger partial charge in [0.15, 0.2) is 0 Å². The molecule has 0 unspecified atom stereocenters. The highest BCUT2D eigenvalue weighted by molar-refractivity contribution is 7.92. The Morgan fingerprint density at radius 3 is 2.21 bits per heavy atom. The topological polar surface area (TPSA) is 63.7 Å². The van der Waals surface area contributed by atoms with Crippen LogP contribution in [0.25, 0.3) is 6.08 Å². The van der Waals surface area contributed by atoms with Crippen molar-refractivity contribution >= 4 is 22.2 Å². The average Bonchev–Trinajstić information content (AvgIpc) is 2.61. The third-order valence-electron chi connectivity index (χ3n) is 3.36. The summed E-state index contributed by atoms with van der Waals surface area (Å²) in [6, 6.07) is 18.4. The lowest BCUT2D eigenvalue weighted by Gasteiger charge is -2.19. The molecule has 0 radical (unpaired) electrons. The predicted octanol–water partition coefficient (Wildman–Crippen LogP) is 3.30. The summed E-state index contributed by atoms with van der Waals surface area (Å²) in [4.78, 5) is 11.9. The summed E-state index contributed by atoms with van der Waals surface area (Å²) in [6.07, 6.45) is 0.964. The fourth-order valence-corrected chi connectivity index (χ4v) is 3.21. The molecule has 0 bridgehead atoms. The number of amides is 1. The fraction of sp³-hybridized carbons (Fsp3) is 0.167. The first-order valence-corrected chi connectivity index (χ1v) is 8.91. The van der Waals surface area contributed by atoms with Crippen molar-refractivity contribution in [3.05, 3.63) is 77.2 Å². The van der Waals surface area contributed by atoms with Crippen LogP contribution in [0.5, 0.6) is 0 Å². The van der Waals surface area contributed by atoms with E-state index in [4.69, 9.17) is 0 Å². The Balaban J connectivity index is 2.16. The van der Waals surface area contributed by atoms with E-state index in [9.17, 15) is 13.2 Å². The summed E-state index contributed by atoms with van der Waals surface area (Å²) < 4.78 is 30.3. The third kappa shape index (κ3) is 4.96. The highest BCUT2D eigenvalue weighted by atomic mass is 32.2. The second-order valence-corrected chi connectivity index (χ2v) is 6.78. The first kappa shape index (κ1) is 17.7. The number of carbonyl (C=O) groups is 1. The number of benzene rings is 2. The number of rotatable bonds is 6. The molecule has 0 atom stereocenters. The Labute approximate surface area is 142 Å². The van der Waals surface area contributed by atoms with Crippen LogP contribution in [0, 0.1) is 0 Å². The molecule has 0 N–H and O–H groups in total. The van der Waals surface area contributed by atoms with Crippen molar-refractivity contribution in [2.45, 2.75) is 6.42 Å². The second-order valence-electron chi connectivity index (χ2n) is 5.04. The van der Waals surface area contributed by atoms with Crippen LogP contribution >= 0.6 is 0 Å². The maximum absolute atomic E-state index is 12.5. The van der Waals surface area contributed by atoms with Crippen molar-refractivity contribution in [1.82, 2.24) is 4.31 Å². The molecule has 0 heterocycles. The number of ether oxygens (including phenoxy) is 1. The molecule has 2 aromatic rings. The van der Waals surface area contributed by atoms with Crippen LogP contribution in [0.1, 0.15) is 11.1 Å². The van der Waals surface area contributed by atoms with Gasteiger partial charge in [-0.05, 0) is 23.6 Å². The predicted molar refractivity (Wildman–Crippen MR) is 93.7 cm³/mol. The van der Waals surface area contributed by atoms with Gasteiger partial charge in [0.1, 0.15) is 0 Å². The van der Waals surface area contributed by atoms with Crippen LogP contribution in [0.3, 0.4) is 0 Å². The van der Waals surface area contributed by atoms with E-state index >= 15 is 0 Å². The minimum atomic E-state index is -3.92. The lowest BCUT2D eigenvalue weighted by atomic mass is 10.1. The lowest BCUT2D eigenvalue weighted by molar-refractivity contribution is 0.149. The first-order valence-electron chi connectivity index (χ1n) is 7.40. The SMILES string of the molecule is COC(=O)N(CCc1ccccc1)S(=O)(=O)/C=C/c1ccccc1. The Morgan fingerprint density at radius 2 is 1.62 bits per heavy atom. The molecule has 1 amide bonds. The number of hydrogen-bond donors (Lipinski definition) is 0. The van der Waals surface area contributed by atoms with Crippen LogP contribution < -0.4 is 0 Å². The molecular weight excluding hydrogens is 326 g/mol. The summed E-state index contributed by atoms with van der Waals surface area (Å²) in [5.74, 6) is 0. The Bertz CT molecular complexity index is 786. The summed E-state index contributed by atoms with van der Waals surface area (Å²) in [5.41, 5.74) is 1.67. The summed E-state index contributed by atoms with van der Waals surface area (Å²) in [5, 5.41) is 1.02. The zero-order valence-electron chi connectivity index (χ0n) is 13.3. The number of sulfonamides is 1. The number of nitrogens with zero attached hydrogens (tertiary/aromatic N) is 1. The molecule has 0 fully saturated rings. The summed E-state index contributed by atoms with van der Waals surface area (Å²) >= 11 is 0. The average molecular weight is 345 g/mol. The molecule has 0 aliphatic rings. The summed E-state index contributed by atoms with van der Waals surface area (Å²) in [7, 11) is -2.76. The number of methoxy groups -OCH3 is 1. The van der Waals surface area contributed by atoms with Crippen molar-refractivity contribution < 1.29 is 17.9 Å². The van der Waals surface area contributed by atoms with E-state index < -0.39 is 16.1 Å². The second kappa shape index (κ2) is 8.31. The largest absolute Gasteiger partial charge is 0.452 e. The normalized spacial score (nSPS) is 11.4. The van der Waals surface area contributed by atoms with Gasteiger partial charge in [-0.25, -0.2) is 17.5 Å². The minimum Gasteiger partial charge on any atom is -0.452 e. The van der Waals surface area contributed by atoms with Crippen molar-refractivity contribution in [3.63, 3.8) is 0 Å². The van der Waals surface area contributed by atoms with E-state index in [1.165, 1.54) is 6.08 Å². The van der Waals surface area contributed by atoms with Gasteiger partial charge in [-0.1, -0.05) is 60.7 Å². The zero-order chi connectivity index (χ0) is 17.4. The molecule has 126 valence electrons.